The van der Waals surface area contributed by atoms with Gasteiger partial charge in [0.25, 0.3) is 0 Å². The molecule has 1 aliphatic heterocycles. The van der Waals surface area contributed by atoms with Crippen LogP contribution >= 0.6 is 11.6 Å². The summed E-state index contributed by atoms with van der Waals surface area (Å²) in [6, 6.07) is 18.8. The molecule has 1 amide bonds. The number of methoxy groups -OCH3 is 1. The van der Waals surface area contributed by atoms with Crippen molar-refractivity contribution in [3.8, 4) is 11.4 Å². The molecule has 9 nitrogen and oxygen atoms in total. The van der Waals surface area contributed by atoms with Crippen LogP contribution in [0.5, 0.6) is 5.75 Å². The van der Waals surface area contributed by atoms with Crippen molar-refractivity contribution in [2.75, 3.05) is 13.7 Å². The highest BCUT2D eigenvalue weighted by atomic mass is 35.5. The number of nitrogens with zero attached hydrogens (tertiary/aromatic N) is 5. The second-order valence-electron chi connectivity index (χ2n) is 9.38. The molecule has 1 aliphatic rings. The molecule has 5 aromatic rings. The average molecular weight is 540 g/mol. The first-order valence-corrected chi connectivity index (χ1v) is 13.0. The first kappa shape index (κ1) is 24.8. The van der Waals surface area contributed by atoms with Gasteiger partial charge in [0.05, 0.1) is 42.3 Å². The molecule has 3 aromatic carbocycles. The number of fused-ring (bicyclic) bond motifs is 4. The highest BCUT2D eigenvalue weighted by molar-refractivity contribution is 6.30. The fourth-order valence-electron chi connectivity index (χ4n) is 4.91. The molecule has 0 saturated carbocycles. The number of hydrogen-bond acceptors (Lipinski definition) is 6. The smallest absolute Gasteiger partial charge is 0.222 e. The quantitative estimate of drug-likeness (QED) is 0.310. The molecule has 10 heteroatoms. The Morgan fingerprint density at radius 1 is 1.10 bits per heavy atom. The Morgan fingerprint density at radius 3 is 2.77 bits per heavy atom. The zero-order chi connectivity index (χ0) is 26.9. The first-order chi connectivity index (χ1) is 19.0. The van der Waals surface area contributed by atoms with Gasteiger partial charge in [0, 0.05) is 22.7 Å². The maximum absolute atomic E-state index is 13.2. The molecule has 196 valence electrons. The highest BCUT2D eigenvalue weighted by Crippen LogP contribution is 2.34. The lowest BCUT2D eigenvalue weighted by Crippen LogP contribution is -2.27. The zero-order valence-corrected chi connectivity index (χ0v) is 22.2. The number of benzene rings is 3. The minimum Gasteiger partial charge on any atom is -0.497 e. The van der Waals surface area contributed by atoms with Crippen LogP contribution in [0.25, 0.3) is 16.7 Å². The summed E-state index contributed by atoms with van der Waals surface area (Å²) in [6.45, 7) is 2.40. The molecule has 0 saturated heterocycles. The van der Waals surface area contributed by atoms with Crippen LogP contribution in [-0.4, -0.2) is 50.0 Å². The molecule has 2 N–H and O–H groups in total. The van der Waals surface area contributed by atoms with Crippen molar-refractivity contribution >= 4 is 34.3 Å². The third-order valence-electron chi connectivity index (χ3n) is 6.85. The van der Waals surface area contributed by atoms with Gasteiger partial charge in [-0.2, -0.15) is 0 Å². The SMILES string of the molecule is COc1ccc2c(c1)C(c1ccc(Cl)cc1)=NC(CC(=O)NCCc1ccc3nc[nH]c3c1)c1nnc(C)n1-2. The van der Waals surface area contributed by atoms with Crippen LogP contribution < -0.4 is 10.1 Å². The molecule has 0 fully saturated rings. The Morgan fingerprint density at radius 2 is 1.95 bits per heavy atom. The second kappa shape index (κ2) is 10.3. The van der Waals surface area contributed by atoms with Gasteiger partial charge in [0.15, 0.2) is 5.82 Å². The van der Waals surface area contributed by atoms with Crippen molar-refractivity contribution < 1.29 is 9.53 Å². The molecule has 0 bridgehead atoms. The number of carbonyl (C=O) groups excluding carboxylic acids is 1. The monoisotopic (exact) mass is 539 g/mol. The summed E-state index contributed by atoms with van der Waals surface area (Å²) in [6.07, 6.45) is 2.50. The number of aryl methyl sites for hydroxylation is 1. The molecule has 6 rings (SSSR count). The Hall–Kier alpha value is -4.50. The van der Waals surface area contributed by atoms with E-state index in [0.717, 1.165) is 39.1 Å². The van der Waals surface area contributed by atoms with Crippen LogP contribution in [0, 0.1) is 6.92 Å². The van der Waals surface area contributed by atoms with Crippen molar-refractivity contribution in [3.63, 3.8) is 0 Å². The lowest BCUT2D eigenvalue weighted by Gasteiger charge is -2.14. The molecular formula is C29H26ClN7O2. The van der Waals surface area contributed by atoms with E-state index in [1.807, 2.05) is 66.1 Å². The number of carbonyl (C=O) groups is 1. The van der Waals surface area contributed by atoms with Crippen molar-refractivity contribution in [2.45, 2.75) is 25.8 Å². The predicted octanol–water partition coefficient (Wildman–Crippen LogP) is 4.76. The fraction of sp³-hybridized carbons (Fsp3) is 0.207. The van der Waals surface area contributed by atoms with Gasteiger partial charge >= 0.3 is 0 Å². The summed E-state index contributed by atoms with van der Waals surface area (Å²) in [5, 5.41) is 12.5. The zero-order valence-electron chi connectivity index (χ0n) is 21.5. The van der Waals surface area contributed by atoms with E-state index in [2.05, 4.69) is 31.5 Å². The van der Waals surface area contributed by atoms with Gasteiger partial charge in [-0.1, -0.05) is 29.8 Å². The average Bonchev–Trinajstić information content (AvgIpc) is 3.54. The van der Waals surface area contributed by atoms with Crippen molar-refractivity contribution in [1.82, 2.24) is 30.0 Å². The summed E-state index contributed by atoms with van der Waals surface area (Å²) in [5.41, 5.74) is 6.36. The number of aliphatic imine (C=N–C) groups is 1. The topological polar surface area (TPSA) is 110 Å². The highest BCUT2D eigenvalue weighted by Gasteiger charge is 2.30. The molecule has 1 unspecified atom stereocenters. The fourth-order valence-corrected chi connectivity index (χ4v) is 5.04. The normalized spacial score (nSPS) is 14.3. The number of imidazole rings is 1. The number of nitrogens with one attached hydrogen (secondary N) is 2. The van der Waals surface area contributed by atoms with Gasteiger partial charge in [0.1, 0.15) is 17.6 Å². The molecule has 2 aromatic heterocycles. The number of ether oxygens (including phenoxy) is 1. The van der Waals surface area contributed by atoms with E-state index in [9.17, 15) is 4.79 Å². The maximum Gasteiger partial charge on any atom is 0.222 e. The molecule has 1 atom stereocenters. The third-order valence-corrected chi connectivity index (χ3v) is 7.10. The molecule has 39 heavy (non-hydrogen) atoms. The number of H-pyrrole nitrogens is 1. The van der Waals surface area contributed by atoms with Crippen LogP contribution in [0.2, 0.25) is 5.02 Å². The van der Waals surface area contributed by atoms with E-state index >= 15 is 0 Å². The lowest BCUT2D eigenvalue weighted by molar-refractivity contribution is -0.121. The largest absolute Gasteiger partial charge is 0.497 e. The number of aromatic nitrogens is 5. The standard InChI is InChI=1S/C29H26ClN7O2/c1-17-35-36-29-25(15-27(38)31-12-11-18-3-9-23-24(13-18)33-16-32-23)34-28(19-4-6-20(30)7-5-19)22-14-21(39-2)8-10-26(22)37(17)29/h3-10,13-14,16,25H,11-12,15H2,1-2H3,(H,31,38)(H,32,33). The Bertz CT molecular complexity index is 1700. The van der Waals surface area contributed by atoms with Crippen LogP contribution in [0.4, 0.5) is 0 Å². The lowest BCUT2D eigenvalue weighted by atomic mass is 10.00. The molecule has 0 aliphatic carbocycles. The Kier molecular flexibility index (Phi) is 6.58. The molecule has 3 heterocycles. The number of amides is 1. The predicted molar refractivity (Wildman–Crippen MR) is 150 cm³/mol. The van der Waals surface area contributed by atoms with Gasteiger partial charge in [-0.3, -0.25) is 14.4 Å². The van der Waals surface area contributed by atoms with Crippen LogP contribution in [0.1, 0.15) is 40.8 Å². The van der Waals surface area contributed by atoms with Gasteiger partial charge < -0.3 is 15.0 Å². The minimum atomic E-state index is -0.545. The van der Waals surface area contributed by atoms with Gasteiger partial charge in [-0.25, -0.2) is 4.98 Å². The number of hydrogen-bond donors (Lipinski definition) is 2. The number of halogens is 1. The van der Waals surface area contributed by atoms with Crippen molar-refractivity contribution in [1.29, 1.82) is 0 Å². The Labute approximate surface area is 229 Å². The summed E-state index contributed by atoms with van der Waals surface area (Å²) in [7, 11) is 1.63. The van der Waals surface area contributed by atoms with Gasteiger partial charge in [-0.05, 0) is 61.4 Å². The number of aromatic amines is 1. The molecule has 0 radical (unpaired) electrons. The maximum atomic E-state index is 13.2. The minimum absolute atomic E-state index is 0.113. The van der Waals surface area contributed by atoms with E-state index in [4.69, 9.17) is 21.3 Å². The molecule has 0 spiro atoms. The number of rotatable bonds is 7. The summed E-state index contributed by atoms with van der Waals surface area (Å²) >= 11 is 6.18. The second-order valence-corrected chi connectivity index (χ2v) is 9.82. The third kappa shape index (κ3) is 4.88. The summed E-state index contributed by atoms with van der Waals surface area (Å²) < 4.78 is 7.50. The van der Waals surface area contributed by atoms with Gasteiger partial charge in [-0.15, -0.1) is 10.2 Å². The van der Waals surface area contributed by atoms with Crippen LogP contribution in [0.3, 0.4) is 0 Å². The summed E-state index contributed by atoms with van der Waals surface area (Å²) in [4.78, 5) is 25.7. The van der Waals surface area contributed by atoms with E-state index in [-0.39, 0.29) is 12.3 Å². The van der Waals surface area contributed by atoms with Crippen LogP contribution in [-0.2, 0) is 11.2 Å². The van der Waals surface area contributed by atoms with E-state index in [0.29, 0.717) is 35.4 Å². The van der Waals surface area contributed by atoms with Crippen molar-refractivity contribution in [2.24, 2.45) is 4.99 Å². The van der Waals surface area contributed by atoms with E-state index in [1.54, 1.807) is 13.4 Å². The Balaban J connectivity index is 1.30. The molecular weight excluding hydrogens is 514 g/mol. The first-order valence-electron chi connectivity index (χ1n) is 12.6. The van der Waals surface area contributed by atoms with E-state index < -0.39 is 6.04 Å². The van der Waals surface area contributed by atoms with Crippen LogP contribution in [0.15, 0.2) is 72.0 Å². The van der Waals surface area contributed by atoms with Gasteiger partial charge in [0.2, 0.25) is 5.91 Å². The van der Waals surface area contributed by atoms with E-state index in [1.165, 1.54) is 0 Å². The van der Waals surface area contributed by atoms with Crippen molar-refractivity contribution in [3.05, 3.63) is 100 Å². The summed E-state index contributed by atoms with van der Waals surface area (Å²) in [5.74, 6) is 1.91.